The molecule has 2 amide bonds. The van der Waals surface area contributed by atoms with Crippen molar-refractivity contribution in [1.29, 1.82) is 0 Å². The van der Waals surface area contributed by atoms with Crippen LogP contribution in [0.2, 0.25) is 0 Å². The summed E-state index contributed by atoms with van der Waals surface area (Å²) >= 11 is 0. The van der Waals surface area contributed by atoms with Gasteiger partial charge in [0.05, 0.1) is 6.20 Å². The van der Waals surface area contributed by atoms with E-state index in [9.17, 15) is 9.59 Å². The van der Waals surface area contributed by atoms with Crippen LogP contribution in [-0.4, -0.2) is 26.8 Å². The number of amides is 2. The van der Waals surface area contributed by atoms with Crippen molar-refractivity contribution in [1.82, 2.24) is 15.0 Å². The molecule has 0 aliphatic heterocycles. The van der Waals surface area contributed by atoms with Crippen LogP contribution >= 0.6 is 0 Å². The van der Waals surface area contributed by atoms with Crippen LogP contribution in [0, 0.1) is 6.92 Å². The Morgan fingerprint density at radius 1 is 1.24 bits per heavy atom. The predicted molar refractivity (Wildman–Crippen MR) is 78.8 cm³/mol. The highest BCUT2D eigenvalue weighted by molar-refractivity contribution is 5.91. The number of nitrogens with zero attached hydrogens (tertiary/aromatic N) is 3. The van der Waals surface area contributed by atoms with E-state index in [0.717, 1.165) is 11.3 Å². The van der Waals surface area contributed by atoms with Crippen molar-refractivity contribution in [2.75, 3.05) is 10.6 Å². The number of hydrogen-bond donors (Lipinski definition) is 2. The van der Waals surface area contributed by atoms with E-state index in [2.05, 4.69) is 20.9 Å². The lowest BCUT2D eigenvalue weighted by molar-refractivity contribution is -0.117. The standard InChI is InChI=1S/C14H17N5O2/c1-3-13(20)16-12-8-19(18-17-12)9-14(21)15-11-6-4-5-10(2)7-11/h4-8H,3,9H2,1-2H3,(H,15,21)(H,16,20). The number of hydrogen-bond acceptors (Lipinski definition) is 4. The second-order valence-corrected chi connectivity index (χ2v) is 4.62. The number of anilines is 2. The van der Waals surface area contributed by atoms with Crippen molar-refractivity contribution in [3.63, 3.8) is 0 Å². The molecule has 0 spiro atoms. The van der Waals surface area contributed by atoms with Crippen LogP contribution in [0.15, 0.2) is 30.5 Å². The first-order valence-electron chi connectivity index (χ1n) is 6.63. The zero-order valence-electron chi connectivity index (χ0n) is 12.0. The van der Waals surface area contributed by atoms with E-state index in [0.29, 0.717) is 12.2 Å². The fourth-order valence-electron chi connectivity index (χ4n) is 1.73. The van der Waals surface area contributed by atoms with Gasteiger partial charge >= 0.3 is 0 Å². The van der Waals surface area contributed by atoms with Crippen LogP contribution in [0.3, 0.4) is 0 Å². The van der Waals surface area contributed by atoms with Crippen LogP contribution in [0.4, 0.5) is 11.5 Å². The van der Waals surface area contributed by atoms with E-state index in [1.54, 1.807) is 6.92 Å². The molecular formula is C14H17N5O2. The molecule has 0 aliphatic carbocycles. The van der Waals surface area contributed by atoms with Gasteiger partial charge in [-0.05, 0) is 24.6 Å². The molecule has 0 radical (unpaired) electrons. The third-order valence-electron chi connectivity index (χ3n) is 2.73. The number of rotatable bonds is 5. The normalized spacial score (nSPS) is 10.2. The summed E-state index contributed by atoms with van der Waals surface area (Å²) in [6, 6.07) is 7.53. The third kappa shape index (κ3) is 4.41. The topological polar surface area (TPSA) is 88.9 Å². The summed E-state index contributed by atoms with van der Waals surface area (Å²) in [6.45, 7) is 3.73. The Morgan fingerprint density at radius 3 is 2.76 bits per heavy atom. The van der Waals surface area contributed by atoms with Crippen LogP contribution in [0.5, 0.6) is 0 Å². The molecule has 0 saturated carbocycles. The molecule has 0 saturated heterocycles. The van der Waals surface area contributed by atoms with Crippen LogP contribution in [0.1, 0.15) is 18.9 Å². The largest absolute Gasteiger partial charge is 0.324 e. The van der Waals surface area contributed by atoms with Gasteiger partial charge in [0.1, 0.15) is 6.54 Å². The Labute approximate surface area is 122 Å². The lowest BCUT2D eigenvalue weighted by atomic mass is 10.2. The number of aromatic nitrogens is 3. The Kier molecular flexibility index (Phi) is 4.65. The minimum absolute atomic E-state index is 0.0307. The van der Waals surface area contributed by atoms with Crippen molar-refractivity contribution in [3.05, 3.63) is 36.0 Å². The Bertz CT molecular complexity index is 650. The number of carbonyl (C=O) groups is 2. The minimum Gasteiger partial charge on any atom is -0.324 e. The van der Waals surface area contributed by atoms with E-state index >= 15 is 0 Å². The fraction of sp³-hybridized carbons (Fsp3) is 0.286. The smallest absolute Gasteiger partial charge is 0.246 e. The van der Waals surface area contributed by atoms with Crippen LogP contribution in [-0.2, 0) is 16.1 Å². The third-order valence-corrected chi connectivity index (χ3v) is 2.73. The molecule has 7 heteroatoms. The maximum Gasteiger partial charge on any atom is 0.246 e. The van der Waals surface area contributed by atoms with Gasteiger partial charge in [0.15, 0.2) is 5.82 Å². The first kappa shape index (κ1) is 14.7. The second-order valence-electron chi connectivity index (χ2n) is 4.62. The molecule has 21 heavy (non-hydrogen) atoms. The number of carbonyl (C=O) groups excluding carboxylic acids is 2. The van der Waals surface area contributed by atoms with Crippen molar-refractivity contribution in [2.24, 2.45) is 0 Å². The molecule has 1 heterocycles. The average molecular weight is 287 g/mol. The Balaban J connectivity index is 1.92. The molecule has 2 aromatic rings. The van der Waals surface area contributed by atoms with Gasteiger partial charge in [0, 0.05) is 12.1 Å². The number of benzene rings is 1. The monoisotopic (exact) mass is 287 g/mol. The van der Waals surface area contributed by atoms with E-state index in [1.165, 1.54) is 10.9 Å². The SMILES string of the molecule is CCC(=O)Nc1cn(CC(=O)Nc2cccc(C)c2)nn1. The summed E-state index contributed by atoms with van der Waals surface area (Å²) in [4.78, 5) is 23.1. The van der Waals surface area contributed by atoms with E-state index in [-0.39, 0.29) is 18.4 Å². The van der Waals surface area contributed by atoms with Gasteiger partial charge < -0.3 is 10.6 Å². The second kappa shape index (κ2) is 6.65. The molecule has 110 valence electrons. The molecule has 0 fully saturated rings. The molecule has 2 N–H and O–H groups in total. The van der Waals surface area contributed by atoms with Gasteiger partial charge in [-0.15, -0.1) is 5.10 Å². The summed E-state index contributed by atoms with van der Waals surface area (Å²) in [5.74, 6) is -0.0182. The Morgan fingerprint density at radius 2 is 2.05 bits per heavy atom. The number of aryl methyl sites for hydroxylation is 1. The van der Waals surface area contributed by atoms with Crippen LogP contribution < -0.4 is 10.6 Å². The predicted octanol–water partition coefficient (Wildman–Crippen LogP) is 1.57. The van der Waals surface area contributed by atoms with Gasteiger partial charge in [-0.25, -0.2) is 4.68 Å². The van der Waals surface area contributed by atoms with Gasteiger partial charge in [-0.1, -0.05) is 24.3 Å². The summed E-state index contributed by atoms with van der Waals surface area (Å²) in [7, 11) is 0. The molecule has 0 unspecified atom stereocenters. The summed E-state index contributed by atoms with van der Waals surface area (Å²) in [6.07, 6.45) is 1.88. The lowest BCUT2D eigenvalue weighted by Crippen LogP contribution is -2.19. The first-order chi connectivity index (χ1) is 10.1. The maximum atomic E-state index is 11.9. The molecule has 2 rings (SSSR count). The number of nitrogens with one attached hydrogen (secondary N) is 2. The molecule has 0 atom stereocenters. The highest BCUT2D eigenvalue weighted by Crippen LogP contribution is 2.09. The highest BCUT2D eigenvalue weighted by atomic mass is 16.2. The van der Waals surface area contributed by atoms with Crippen molar-refractivity contribution in [3.8, 4) is 0 Å². The first-order valence-corrected chi connectivity index (χ1v) is 6.63. The molecule has 7 nitrogen and oxygen atoms in total. The maximum absolute atomic E-state index is 11.9. The van der Waals surface area contributed by atoms with Crippen molar-refractivity contribution in [2.45, 2.75) is 26.8 Å². The zero-order chi connectivity index (χ0) is 15.2. The van der Waals surface area contributed by atoms with Crippen molar-refractivity contribution >= 4 is 23.3 Å². The average Bonchev–Trinajstić information content (AvgIpc) is 2.85. The fourth-order valence-corrected chi connectivity index (χ4v) is 1.73. The molecule has 1 aromatic heterocycles. The summed E-state index contributed by atoms with van der Waals surface area (Å²) < 4.78 is 1.37. The Hall–Kier alpha value is -2.70. The van der Waals surface area contributed by atoms with E-state index in [4.69, 9.17) is 0 Å². The summed E-state index contributed by atoms with van der Waals surface area (Å²) in [5, 5.41) is 12.9. The van der Waals surface area contributed by atoms with E-state index in [1.807, 2.05) is 31.2 Å². The highest BCUT2D eigenvalue weighted by Gasteiger charge is 2.08. The lowest BCUT2D eigenvalue weighted by Gasteiger charge is -2.05. The molecular weight excluding hydrogens is 270 g/mol. The van der Waals surface area contributed by atoms with Crippen molar-refractivity contribution < 1.29 is 9.59 Å². The zero-order valence-corrected chi connectivity index (χ0v) is 12.0. The minimum atomic E-state index is -0.209. The van der Waals surface area contributed by atoms with Gasteiger partial charge in [-0.3, -0.25) is 9.59 Å². The van der Waals surface area contributed by atoms with Gasteiger partial charge in [0.25, 0.3) is 0 Å². The van der Waals surface area contributed by atoms with Crippen LogP contribution in [0.25, 0.3) is 0 Å². The van der Waals surface area contributed by atoms with Gasteiger partial charge in [-0.2, -0.15) is 0 Å². The molecule has 1 aromatic carbocycles. The molecule has 0 bridgehead atoms. The van der Waals surface area contributed by atoms with Gasteiger partial charge in [0.2, 0.25) is 11.8 Å². The van der Waals surface area contributed by atoms with E-state index < -0.39 is 0 Å². The molecule has 0 aliphatic rings. The summed E-state index contributed by atoms with van der Waals surface area (Å²) in [5.41, 5.74) is 1.80. The quantitative estimate of drug-likeness (QED) is 0.873.